The van der Waals surface area contributed by atoms with Crippen LogP contribution in [0.1, 0.15) is 31.8 Å². The molecule has 3 rings (SSSR count). The van der Waals surface area contributed by atoms with Crippen molar-refractivity contribution < 1.29 is 23.1 Å². The lowest BCUT2D eigenvalue weighted by atomic mass is 10.1. The van der Waals surface area contributed by atoms with Crippen molar-refractivity contribution in [2.75, 3.05) is 5.32 Å². The van der Waals surface area contributed by atoms with Gasteiger partial charge in [-0.2, -0.15) is 8.78 Å². The molecule has 154 valence electrons. The minimum Gasteiger partial charge on any atom is -0.435 e. The van der Waals surface area contributed by atoms with Gasteiger partial charge >= 0.3 is 6.61 Å². The summed E-state index contributed by atoms with van der Waals surface area (Å²) in [6.45, 7) is -0.661. The van der Waals surface area contributed by atoms with Gasteiger partial charge in [-0.1, -0.05) is 48.0 Å². The van der Waals surface area contributed by atoms with E-state index in [0.29, 0.717) is 12.2 Å². The van der Waals surface area contributed by atoms with Gasteiger partial charge in [-0.3, -0.25) is 9.59 Å². The molecule has 3 aromatic carbocycles. The Kier molecular flexibility index (Phi) is 6.75. The second kappa shape index (κ2) is 9.65. The van der Waals surface area contributed by atoms with Crippen LogP contribution in [0.15, 0.2) is 72.8 Å². The van der Waals surface area contributed by atoms with Gasteiger partial charge in [0, 0.05) is 12.1 Å². The fraction of sp³-hybridized carbons (Fsp3) is 0.130. The first-order valence-electron chi connectivity index (χ1n) is 9.21. The van der Waals surface area contributed by atoms with Crippen molar-refractivity contribution in [3.8, 4) is 5.75 Å². The number of para-hydroxylation sites is 1. The van der Waals surface area contributed by atoms with Gasteiger partial charge in [0.1, 0.15) is 5.75 Å². The molecule has 30 heavy (non-hydrogen) atoms. The maximum Gasteiger partial charge on any atom is 0.387 e. The fourth-order valence-electron chi connectivity index (χ4n) is 2.78. The molecule has 5 nitrogen and oxygen atoms in total. The number of rotatable bonds is 7. The lowest BCUT2D eigenvalue weighted by Crippen LogP contribution is -2.24. The largest absolute Gasteiger partial charge is 0.435 e. The summed E-state index contributed by atoms with van der Waals surface area (Å²) in [5.41, 5.74) is 2.80. The van der Waals surface area contributed by atoms with E-state index in [1.54, 1.807) is 24.3 Å². The molecular formula is C23H20F2N2O3. The third kappa shape index (κ3) is 5.64. The summed E-state index contributed by atoms with van der Waals surface area (Å²) in [5, 5.41) is 5.48. The quantitative estimate of drug-likeness (QED) is 0.589. The van der Waals surface area contributed by atoms with Crippen molar-refractivity contribution in [3.05, 3.63) is 95.1 Å². The topological polar surface area (TPSA) is 67.4 Å². The SMILES string of the molecule is Cc1ccc(CNC(=O)c2ccccc2NC(=O)c2cccc(OC(F)F)c2)cc1. The monoisotopic (exact) mass is 410 g/mol. The van der Waals surface area contributed by atoms with Crippen LogP contribution in [0.2, 0.25) is 0 Å². The number of hydrogen-bond donors (Lipinski definition) is 2. The van der Waals surface area contributed by atoms with Crippen molar-refractivity contribution in [1.29, 1.82) is 0 Å². The van der Waals surface area contributed by atoms with Gasteiger partial charge in [0.05, 0.1) is 11.3 Å². The molecule has 0 heterocycles. The number of amides is 2. The third-order valence-electron chi connectivity index (χ3n) is 4.31. The summed E-state index contributed by atoms with van der Waals surface area (Å²) < 4.78 is 29.1. The second-order valence-electron chi connectivity index (χ2n) is 6.57. The molecular weight excluding hydrogens is 390 g/mol. The highest BCUT2D eigenvalue weighted by atomic mass is 19.3. The molecule has 0 saturated carbocycles. The van der Waals surface area contributed by atoms with E-state index >= 15 is 0 Å². The van der Waals surface area contributed by atoms with Crippen LogP contribution < -0.4 is 15.4 Å². The standard InChI is InChI=1S/C23H20F2N2O3/c1-15-9-11-16(12-10-15)14-26-22(29)19-7-2-3-8-20(19)27-21(28)17-5-4-6-18(13-17)30-23(24)25/h2-13,23H,14H2,1H3,(H,26,29)(H,27,28). The van der Waals surface area contributed by atoms with E-state index in [1.807, 2.05) is 31.2 Å². The van der Waals surface area contributed by atoms with Gasteiger partial charge in [-0.05, 0) is 42.8 Å². The average molecular weight is 410 g/mol. The van der Waals surface area contributed by atoms with Crippen LogP contribution in [0.5, 0.6) is 5.75 Å². The van der Waals surface area contributed by atoms with E-state index in [0.717, 1.165) is 11.1 Å². The molecule has 0 aliphatic rings. The normalized spacial score (nSPS) is 10.5. The average Bonchev–Trinajstić information content (AvgIpc) is 2.73. The van der Waals surface area contributed by atoms with Crippen molar-refractivity contribution in [2.24, 2.45) is 0 Å². The van der Waals surface area contributed by atoms with Gasteiger partial charge in [-0.25, -0.2) is 0 Å². The molecule has 0 unspecified atom stereocenters. The molecule has 0 aliphatic carbocycles. The molecule has 2 N–H and O–H groups in total. The predicted molar refractivity (Wildman–Crippen MR) is 110 cm³/mol. The smallest absolute Gasteiger partial charge is 0.387 e. The molecule has 0 bridgehead atoms. The minimum absolute atomic E-state index is 0.123. The number of carbonyl (C=O) groups is 2. The molecule has 0 atom stereocenters. The number of halogens is 2. The van der Waals surface area contributed by atoms with Crippen LogP contribution in [0.3, 0.4) is 0 Å². The zero-order valence-electron chi connectivity index (χ0n) is 16.2. The van der Waals surface area contributed by atoms with Crippen molar-refractivity contribution in [3.63, 3.8) is 0 Å². The molecule has 0 fully saturated rings. The van der Waals surface area contributed by atoms with E-state index in [-0.39, 0.29) is 22.8 Å². The molecule has 0 aromatic heterocycles. The molecule has 0 radical (unpaired) electrons. The maximum absolute atomic E-state index is 12.6. The summed E-state index contributed by atoms with van der Waals surface area (Å²) in [7, 11) is 0. The highest BCUT2D eigenvalue weighted by Crippen LogP contribution is 2.19. The number of anilines is 1. The highest BCUT2D eigenvalue weighted by Gasteiger charge is 2.15. The summed E-state index contributed by atoms with van der Waals surface area (Å²) in [5.74, 6) is -1.02. The summed E-state index contributed by atoms with van der Waals surface area (Å²) in [6.07, 6.45) is 0. The Hall–Kier alpha value is -3.74. The van der Waals surface area contributed by atoms with Crippen molar-refractivity contribution >= 4 is 17.5 Å². The number of aryl methyl sites for hydroxylation is 1. The summed E-state index contributed by atoms with van der Waals surface area (Å²) >= 11 is 0. The Morgan fingerprint density at radius 2 is 1.67 bits per heavy atom. The van der Waals surface area contributed by atoms with Crippen LogP contribution in [0.4, 0.5) is 14.5 Å². The van der Waals surface area contributed by atoms with Gasteiger partial charge in [-0.15, -0.1) is 0 Å². The number of carbonyl (C=O) groups excluding carboxylic acids is 2. The predicted octanol–water partition coefficient (Wildman–Crippen LogP) is 4.78. The Morgan fingerprint density at radius 3 is 2.40 bits per heavy atom. The molecule has 0 aliphatic heterocycles. The molecule has 3 aromatic rings. The molecule has 0 saturated heterocycles. The fourth-order valence-corrected chi connectivity index (χ4v) is 2.78. The summed E-state index contributed by atoms with van der Waals surface area (Å²) in [6, 6.07) is 19.8. The van der Waals surface area contributed by atoms with Crippen LogP contribution in [0.25, 0.3) is 0 Å². The lowest BCUT2D eigenvalue weighted by Gasteiger charge is -2.12. The van der Waals surface area contributed by atoms with E-state index in [9.17, 15) is 18.4 Å². The van der Waals surface area contributed by atoms with Crippen LogP contribution in [-0.2, 0) is 6.54 Å². The first-order chi connectivity index (χ1) is 14.4. The molecule has 7 heteroatoms. The Bertz CT molecular complexity index is 1040. The van der Waals surface area contributed by atoms with Crippen LogP contribution in [-0.4, -0.2) is 18.4 Å². The van der Waals surface area contributed by atoms with E-state index in [1.165, 1.54) is 24.3 Å². The zero-order valence-corrected chi connectivity index (χ0v) is 16.2. The molecule has 0 spiro atoms. The Labute approximate surface area is 172 Å². The second-order valence-corrected chi connectivity index (χ2v) is 6.57. The van der Waals surface area contributed by atoms with Crippen molar-refractivity contribution in [1.82, 2.24) is 5.32 Å². The number of nitrogens with one attached hydrogen (secondary N) is 2. The summed E-state index contributed by atoms with van der Waals surface area (Å²) in [4.78, 5) is 25.2. The van der Waals surface area contributed by atoms with Crippen molar-refractivity contribution in [2.45, 2.75) is 20.1 Å². The number of benzene rings is 3. The van der Waals surface area contributed by atoms with E-state index < -0.39 is 12.5 Å². The van der Waals surface area contributed by atoms with Gasteiger partial charge in [0.15, 0.2) is 0 Å². The van der Waals surface area contributed by atoms with Gasteiger partial charge < -0.3 is 15.4 Å². The lowest BCUT2D eigenvalue weighted by molar-refractivity contribution is -0.0498. The molecule has 2 amide bonds. The zero-order chi connectivity index (χ0) is 21.5. The Balaban J connectivity index is 1.70. The maximum atomic E-state index is 12.6. The Morgan fingerprint density at radius 1 is 0.933 bits per heavy atom. The number of alkyl halides is 2. The van der Waals surface area contributed by atoms with Gasteiger partial charge in [0.25, 0.3) is 11.8 Å². The first kappa shape index (κ1) is 21.0. The third-order valence-corrected chi connectivity index (χ3v) is 4.31. The highest BCUT2D eigenvalue weighted by molar-refractivity contribution is 6.09. The number of ether oxygens (including phenoxy) is 1. The van der Waals surface area contributed by atoms with Gasteiger partial charge in [0.2, 0.25) is 0 Å². The van der Waals surface area contributed by atoms with Crippen LogP contribution in [0, 0.1) is 6.92 Å². The minimum atomic E-state index is -2.98. The van der Waals surface area contributed by atoms with E-state index in [2.05, 4.69) is 15.4 Å². The van der Waals surface area contributed by atoms with Crippen LogP contribution >= 0.6 is 0 Å². The number of hydrogen-bond acceptors (Lipinski definition) is 3. The first-order valence-corrected chi connectivity index (χ1v) is 9.21. The van der Waals surface area contributed by atoms with E-state index in [4.69, 9.17) is 0 Å².